The summed E-state index contributed by atoms with van der Waals surface area (Å²) < 4.78 is 14.1. The van der Waals surface area contributed by atoms with Gasteiger partial charge in [-0.1, -0.05) is 15.9 Å². The molecule has 1 aromatic heterocycles. The van der Waals surface area contributed by atoms with Crippen LogP contribution < -0.4 is 11.2 Å². The number of aromatic amines is 2. The summed E-state index contributed by atoms with van der Waals surface area (Å²) >= 11 is 3.12. The average Bonchev–Trinajstić information content (AvgIpc) is 2.15. The lowest BCUT2D eigenvalue weighted by molar-refractivity contribution is 0.629. The first-order valence-electron chi connectivity index (χ1n) is 4.35. The molecule has 1 aromatic carbocycles. The molecule has 0 aliphatic carbocycles. The number of hydrogen-bond acceptors (Lipinski definition) is 2. The largest absolute Gasteiger partial charge is 0.326 e. The molecule has 2 rings (SSSR count). The first-order valence-corrected chi connectivity index (χ1v) is 5.14. The van der Waals surface area contributed by atoms with Crippen LogP contribution in [0.3, 0.4) is 0 Å². The van der Waals surface area contributed by atoms with Crippen molar-refractivity contribution in [3.8, 4) is 11.3 Å². The molecular weight excluding hydrogens is 279 g/mol. The Morgan fingerprint density at radius 2 is 1.88 bits per heavy atom. The molecule has 0 bridgehead atoms. The highest BCUT2D eigenvalue weighted by Crippen LogP contribution is 2.22. The van der Waals surface area contributed by atoms with Crippen molar-refractivity contribution in [1.29, 1.82) is 0 Å². The van der Waals surface area contributed by atoms with Crippen LogP contribution in [0.4, 0.5) is 4.39 Å². The smallest absolute Gasteiger partial charge is 0.307 e. The molecule has 2 aromatic rings. The van der Waals surface area contributed by atoms with Gasteiger partial charge in [0.25, 0.3) is 5.56 Å². The second-order valence-electron chi connectivity index (χ2n) is 3.13. The van der Waals surface area contributed by atoms with Gasteiger partial charge < -0.3 is 4.98 Å². The van der Waals surface area contributed by atoms with Gasteiger partial charge in [-0.3, -0.25) is 9.78 Å². The van der Waals surface area contributed by atoms with E-state index in [1.54, 1.807) is 6.07 Å². The zero-order chi connectivity index (χ0) is 11.7. The van der Waals surface area contributed by atoms with Gasteiger partial charge in [-0.15, -0.1) is 0 Å². The topological polar surface area (TPSA) is 65.7 Å². The van der Waals surface area contributed by atoms with E-state index in [4.69, 9.17) is 0 Å². The first-order chi connectivity index (χ1) is 7.56. The summed E-state index contributed by atoms with van der Waals surface area (Å²) in [6.45, 7) is 0. The fraction of sp³-hybridized carbons (Fsp3) is 0. The molecule has 0 radical (unpaired) electrons. The Bertz CT molecular complexity index is 620. The molecule has 2 N–H and O–H groups in total. The molecule has 0 amide bonds. The standard InChI is InChI=1S/C10H6BrFN2O2/c11-5-1-2-6(7(12)3-5)8-4-9(15)14-10(16)13-8/h1-4H,(H2,13,14,15,16). The van der Waals surface area contributed by atoms with Gasteiger partial charge in [0.1, 0.15) is 5.82 Å². The summed E-state index contributed by atoms with van der Waals surface area (Å²) in [6, 6.07) is 5.49. The van der Waals surface area contributed by atoms with Crippen LogP contribution >= 0.6 is 15.9 Å². The third kappa shape index (κ3) is 2.11. The quantitative estimate of drug-likeness (QED) is 0.836. The van der Waals surface area contributed by atoms with Crippen molar-refractivity contribution < 1.29 is 4.39 Å². The molecule has 0 aliphatic heterocycles. The highest BCUT2D eigenvalue weighted by molar-refractivity contribution is 9.10. The van der Waals surface area contributed by atoms with E-state index in [0.29, 0.717) is 4.47 Å². The zero-order valence-electron chi connectivity index (χ0n) is 7.88. The highest BCUT2D eigenvalue weighted by atomic mass is 79.9. The summed E-state index contributed by atoms with van der Waals surface area (Å²) in [7, 11) is 0. The van der Waals surface area contributed by atoms with Crippen LogP contribution in [0.5, 0.6) is 0 Å². The number of halogens is 2. The van der Waals surface area contributed by atoms with Crippen molar-refractivity contribution >= 4 is 15.9 Å². The highest BCUT2D eigenvalue weighted by Gasteiger charge is 2.07. The summed E-state index contributed by atoms with van der Waals surface area (Å²) in [6.07, 6.45) is 0. The van der Waals surface area contributed by atoms with Crippen LogP contribution in [-0.2, 0) is 0 Å². The molecule has 4 nitrogen and oxygen atoms in total. The van der Waals surface area contributed by atoms with E-state index >= 15 is 0 Å². The lowest BCUT2D eigenvalue weighted by atomic mass is 10.1. The number of nitrogens with one attached hydrogen (secondary N) is 2. The van der Waals surface area contributed by atoms with Crippen LogP contribution in [0.15, 0.2) is 38.3 Å². The van der Waals surface area contributed by atoms with Gasteiger partial charge in [-0.05, 0) is 18.2 Å². The zero-order valence-corrected chi connectivity index (χ0v) is 9.47. The normalized spacial score (nSPS) is 10.4. The number of aromatic nitrogens is 2. The van der Waals surface area contributed by atoms with Gasteiger partial charge in [0.2, 0.25) is 0 Å². The maximum Gasteiger partial charge on any atom is 0.326 e. The third-order valence-electron chi connectivity index (χ3n) is 1.98. The molecule has 0 unspecified atom stereocenters. The fourth-order valence-corrected chi connectivity index (χ4v) is 1.65. The molecule has 0 aliphatic rings. The van der Waals surface area contributed by atoms with Crippen LogP contribution in [-0.4, -0.2) is 9.97 Å². The number of benzene rings is 1. The molecule has 1 heterocycles. The van der Waals surface area contributed by atoms with Crippen molar-refractivity contribution in [2.24, 2.45) is 0 Å². The van der Waals surface area contributed by atoms with Gasteiger partial charge in [-0.2, -0.15) is 0 Å². The first kappa shape index (κ1) is 10.8. The van der Waals surface area contributed by atoms with Crippen molar-refractivity contribution in [3.05, 3.63) is 55.4 Å². The van der Waals surface area contributed by atoms with Crippen molar-refractivity contribution in [2.75, 3.05) is 0 Å². The molecule has 82 valence electrons. The Balaban J connectivity index is 2.67. The van der Waals surface area contributed by atoms with Gasteiger partial charge in [0, 0.05) is 16.1 Å². The lowest BCUT2D eigenvalue weighted by Gasteiger charge is -2.02. The molecule has 16 heavy (non-hydrogen) atoms. The minimum atomic E-state index is -0.662. The van der Waals surface area contributed by atoms with Crippen LogP contribution in [0.25, 0.3) is 11.3 Å². The van der Waals surface area contributed by atoms with Crippen molar-refractivity contribution in [2.45, 2.75) is 0 Å². The SMILES string of the molecule is O=c1cc(-c2ccc(Br)cc2F)[nH]c(=O)[nH]1. The molecule has 0 spiro atoms. The summed E-state index contributed by atoms with van der Waals surface area (Å²) in [5.41, 5.74) is -0.906. The van der Waals surface area contributed by atoms with E-state index in [-0.39, 0.29) is 11.3 Å². The average molecular weight is 285 g/mol. The number of hydrogen-bond donors (Lipinski definition) is 2. The minimum absolute atomic E-state index is 0.152. The summed E-state index contributed by atoms with van der Waals surface area (Å²) in [4.78, 5) is 26.4. The Hall–Kier alpha value is -1.69. The molecule has 0 saturated heterocycles. The fourth-order valence-electron chi connectivity index (χ4n) is 1.32. The Kier molecular flexibility index (Phi) is 2.74. The Labute approximate surface area is 97.3 Å². The maximum absolute atomic E-state index is 13.5. The monoisotopic (exact) mass is 284 g/mol. The molecule has 0 saturated carbocycles. The van der Waals surface area contributed by atoms with Crippen molar-refractivity contribution in [1.82, 2.24) is 9.97 Å². The molecule has 0 atom stereocenters. The molecular formula is C10H6BrFN2O2. The van der Waals surface area contributed by atoms with Gasteiger partial charge >= 0.3 is 5.69 Å². The maximum atomic E-state index is 13.5. The van der Waals surface area contributed by atoms with Crippen LogP contribution in [0, 0.1) is 5.82 Å². The summed E-state index contributed by atoms with van der Waals surface area (Å²) in [5.74, 6) is -0.518. The number of H-pyrrole nitrogens is 2. The van der Waals surface area contributed by atoms with E-state index in [9.17, 15) is 14.0 Å². The van der Waals surface area contributed by atoms with E-state index < -0.39 is 17.1 Å². The van der Waals surface area contributed by atoms with Crippen LogP contribution in [0.2, 0.25) is 0 Å². The van der Waals surface area contributed by atoms with Gasteiger partial charge in [0.15, 0.2) is 0 Å². The summed E-state index contributed by atoms with van der Waals surface area (Å²) in [5, 5.41) is 0. The Morgan fingerprint density at radius 1 is 1.12 bits per heavy atom. The van der Waals surface area contributed by atoms with Crippen molar-refractivity contribution in [3.63, 3.8) is 0 Å². The second kappa shape index (κ2) is 4.05. The van der Waals surface area contributed by atoms with Crippen LogP contribution in [0.1, 0.15) is 0 Å². The lowest BCUT2D eigenvalue weighted by Crippen LogP contribution is -2.21. The number of rotatable bonds is 1. The molecule has 0 fully saturated rings. The predicted molar refractivity (Wildman–Crippen MR) is 60.8 cm³/mol. The predicted octanol–water partition coefficient (Wildman–Crippen LogP) is 1.63. The van der Waals surface area contributed by atoms with E-state index in [2.05, 4.69) is 20.9 Å². The van der Waals surface area contributed by atoms with Gasteiger partial charge in [0.05, 0.1) is 5.69 Å². The second-order valence-corrected chi connectivity index (χ2v) is 4.04. The van der Waals surface area contributed by atoms with Gasteiger partial charge in [-0.25, -0.2) is 9.18 Å². The van der Waals surface area contributed by atoms with E-state index in [1.807, 2.05) is 4.98 Å². The minimum Gasteiger partial charge on any atom is -0.307 e. The molecule has 6 heteroatoms. The Morgan fingerprint density at radius 3 is 2.50 bits per heavy atom. The van der Waals surface area contributed by atoms with E-state index in [1.165, 1.54) is 12.1 Å². The van der Waals surface area contributed by atoms with E-state index in [0.717, 1.165) is 6.07 Å². The third-order valence-corrected chi connectivity index (χ3v) is 2.47.